The Morgan fingerprint density at radius 2 is 1.96 bits per heavy atom. The van der Waals surface area contributed by atoms with Crippen LogP contribution in [0.25, 0.3) is 0 Å². The summed E-state index contributed by atoms with van der Waals surface area (Å²) in [6.07, 6.45) is 0. The molecule has 0 aliphatic heterocycles. The largest absolute Gasteiger partial charge is 0.492 e. The van der Waals surface area contributed by atoms with Crippen molar-refractivity contribution in [2.24, 2.45) is 0 Å². The number of amides is 1. The number of hydrogen-bond donors (Lipinski definition) is 1. The molecule has 0 saturated heterocycles. The summed E-state index contributed by atoms with van der Waals surface area (Å²) in [6, 6.07) is 9.32. The fourth-order valence-electron chi connectivity index (χ4n) is 2.31. The quantitative estimate of drug-likeness (QED) is 0.819. The number of methoxy groups -OCH3 is 1. The monoisotopic (exact) mass is 377 g/mol. The lowest BCUT2D eigenvalue weighted by atomic mass is 10.1. The second-order valence-electron chi connectivity index (χ2n) is 5.19. The number of rotatable bonds is 5. The van der Waals surface area contributed by atoms with Crippen LogP contribution >= 0.6 is 15.9 Å². The molecule has 0 saturated carbocycles. The number of benzene rings is 2. The van der Waals surface area contributed by atoms with Gasteiger partial charge >= 0.3 is 0 Å². The number of ether oxygens (including phenoxy) is 2. The Morgan fingerprint density at radius 3 is 2.57 bits per heavy atom. The first kappa shape index (κ1) is 17.3. The molecular weight excluding hydrogens is 358 g/mol. The SMILES string of the molecule is CCOc1cc(C(=O)Nc2ccc(C)cc2C)cc(Br)c1OC. The van der Waals surface area contributed by atoms with Gasteiger partial charge in [-0.3, -0.25) is 4.79 Å². The summed E-state index contributed by atoms with van der Waals surface area (Å²) in [5.41, 5.74) is 3.48. The maximum atomic E-state index is 12.5. The Hall–Kier alpha value is -2.01. The van der Waals surface area contributed by atoms with Gasteiger partial charge in [0, 0.05) is 11.3 Å². The molecule has 0 aliphatic rings. The van der Waals surface area contributed by atoms with Crippen LogP contribution in [0.1, 0.15) is 28.4 Å². The molecule has 23 heavy (non-hydrogen) atoms. The number of carbonyl (C=O) groups is 1. The fourth-order valence-corrected chi connectivity index (χ4v) is 2.91. The average molecular weight is 378 g/mol. The highest BCUT2D eigenvalue weighted by atomic mass is 79.9. The molecule has 0 aromatic heterocycles. The first-order chi connectivity index (χ1) is 11.0. The van der Waals surface area contributed by atoms with Gasteiger partial charge in [0.25, 0.3) is 5.91 Å². The zero-order valence-corrected chi connectivity index (χ0v) is 15.3. The number of nitrogens with one attached hydrogen (secondary N) is 1. The van der Waals surface area contributed by atoms with Gasteiger partial charge in [-0.05, 0) is 60.5 Å². The van der Waals surface area contributed by atoms with Crippen molar-refractivity contribution in [2.45, 2.75) is 20.8 Å². The van der Waals surface area contributed by atoms with Crippen molar-refractivity contribution in [3.8, 4) is 11.5 Å². The Morgan fingerprint density at radius 1 is 1.22 bits per heavy atom. The van der Waals surface area contributed by atoms with Crippen LogP contribution < -0.4 is 14.8 Å². The predicted octanol–water partition coefficient (Wildman–Crippen LogP) is 4.73. The third kappa shape index (κ3) is 4.05. The van der Waals surface area contributed by atoms with Crippen molar-refractivity contribution >= 4 is 27.5 Å². The van der Waals surface area contributed by atoms with E-state index in [1.807, 2.05) is 39.0 Å². The van der Waals surface area contributed by atoms with Crippen LogP contribution in [0, 0.1) is 13.8 Å². The second-order valence-corrected chi connectivity index (χ2v) is 6.05. The molecule has 0 unspecified atom stereocenters. The summed E-state index contributed by atoms with van der Waals surface area (Å²) >= 11 is 3.42. The van der Waals surface area contributed by atoms with Gasteiger partial charge in [-0.15, -0.1) is 0 Å². The normalized spacial score (nSPS) is 10.3. The maximum absolute atomic E-state index is 12.5. The predicted molar refractivity (Wildman–Crippen MR) is 95.7 cm³/mol. The first-order valence-electron chi connectivity index (χ1n) is 7.35. The van der Waals surface area contributed by atoms with Gasteiger partial charge in [-0.1, -0.05) is 17.7 Å². The maximum Gasteiger partial charge on any atom is 0.255 e. The van der Waals surface area contributed by atoms with E-state index in [-0.39, 0.29) is 5.91 Å². The third-order valence-electron chi connectivity index (χ3n) is 3.41. The van der Waals surface area contributed by atoms with E-state index in [1.54, 1.807) is 19.2 Å². The number of carbonyl (C=O) groups excluding carboxylic acids is 1. The molecule has 1 N–H and O–H groups in total. The minimum absolute atomic E-state index is 0.193. The molecule has 2 rings (SSSR count). The smallest absolute Gasteiger partial charge is 0.255 e. The molecular formula is C18H20BrNO3. The minimum Gasteiger partial charge on any atom is -0.492 e. The fraction of sp³-hybridized carbons (Fsp3) is 0.278. The molecule has 2 aromatic rings. The second kappa shape index (κ2) is 7.51. The van der Waals surface area contributed by atoms with Crippen LogP contribution in [0.4, 0.5) is 5.69 Å². The summed E-state index contributed by atoms with van der Waals surface area (Å²) in [6.45, 7) is 6.37. The molecule has 0 fully saturated rings. The van der Waals surface area contributed by atoms with E-state index >= 15 is 0 Å². The molecule has 5 heteroatoms. The van der Waals surface area contributed by atoms with Crippen LogP contribution in [-0.2, 0) is 0 Å². The third-order valence-corrected chi connectivity index (χ3v) is 3.99. The molecule has 0 spiro atoms. The van der Waals surface area contributed by atoms with E-state index < -0.39 is 0 Å². The van der Waals surface area contributed by atoms with Crippen molar-refractivity contribution in [1.82, 2.24) is 0 Å². The highest BCUT2D eigenvalue weighted by molar-refractivity contribution is 9.10. The van der Waals surface area contributed by atoms with E-state index in [0.29, 0.717) is 28.1 Å². The van der Waals surface area contributed by atoms with Crippen LogP contribution in [0.3, 0.4) is 0 Å². The van der Waals surface area contributed by atoms with E-state index in [4.69, 9.17) is 9.47 Å². The topological polar surface area (TPSA) is 47.6 Å². The van der Waals surface area contributed by atoms with Crippen LogP contribution in [0.2, 0.25) is 0 Å². The number of aryl methyl sites for hydroxylation is 2. The van der Waals surface area contributed by atoms with Gasteiger partial charge in [-0.25, -0.2) is 0 Å². The van der Waals surface area contributed by atoms with Gasteiger partial charge in [0.2, 0.25) is 0 Å². The number of halogens is 1. The van der Waals surface area contributed by atoms with Gasteiger partial charge in [-0.2, -0.15) is 0 Å². The van der Waals surface area contributed by atoms with E-state index in [9.17, 15) is 4.79 Å². The molecule has 4 nitrogen and oxygen atoms in total. The molecule has 2 aromatic carbocycles. The van der Waals surface area contributed by atoms with Crippen molar-refractivity contribution in [3.63, 3.8) is 0 Å². The summed E-state index contributed by atoms with van der Waals surface area (Å²) in [5, 5.41) is 2.93. The zero-order valence-electron chi connectivity index (χ0n) is 13.7. The minimum atomic E-state index is -0.193. The Balaban J connectivity index is 2.32. The van der Waals surface area contributed by atoms with E-state index in [0.717, 1.165) is 16.8 Å². The Labute approximate surface area is 144 Å². The summed E-state index contributed by atoms with van der Waals surface area (Å²) < 4.78 is 11.5. The van der Waals surface area contributed by atoms with Crippen LogP contribution in [-0.4, -0.2) is 19.6 Å². The first-order valence-corrected chi connectivity index (χ1v) is 8.14. The van der Waals surface area contributed by atoms with Gasteiger partial charge in [0.05, 0.1) is 18.2 Å². The average Bonchev–Trinajstić information content (AvgIpc) is 2.50. The molecule has 0 heterocycles. The lowest BCUT2D eigenvalue weighted by Crippen LogP contribution is -2.13. The van der Waals surface area contributed by atoms with E-state index in [1.165, 1.54) is 0 Å². The number of anilines is 1. The van der Waals surface area contributed by atoms with Crippen molar-refractivity contribution in [1.29, 1.82) is 0 Å². The van der Waals surface area contributed by atoms with Crippen molar-refractivity contribution in [2.75, 3.05) is 19.0 Å². The summed E-state index contributed by atoms with van der Waals surface area (Å²) in [7, 11) is 1.57. The molecule has 0 bridgehead atoms. The van der Waals surface area contributed by atoms with Gasteiger partial charge in [0.15, 0.2) is 11.5 Å². The molecule has 122 valence electrons. The van der Waals surface area contributed by atoms with E-state index in [2.05, 4.69) is 21.2 Å². The Bertz CT molecular complexity index is 728. The Kier molecular flexibility index (Phi) is 5.66. The standard InChI is InChI=1S/C18H20BrNO3/c1-5-23-16-10-13(9-14(19)17(16)22-4)18(21)20-15-7-6-11(2)8-12(15)3/h6-10H,5H2,1-4H3,(H,20,21). The highest BCUT2D eigenvalue weighted by Crippen LogP contribution is 2.36. The number of hydrogen-bond acceptors (Lipinski definition) is 3. The molecule has 0 radical (unpaired) electrons. The van der Waals surface area contributed by atoms with Crippen molar-refractivity contribution in [3.05, 3.63) is 51.5 Å². The highest BCUT2D eigenvalue weighted by Gasteiger charge is 2.16. The van der Waals surface area contributed by atoms with Gasteiger partial charge in [0.1, 0.15) is 0 Å². The summed E-state index contributed by atoms with van der Waals surface area (Å²) in [5.74, 6) is 0.923. The molecule has 0 atom stereocenters. The molecule has 0 aliphatic carbocycles. The lowest BCUT2D eigenvalue weighted by molar-refractivity contribution is 0.102. The van der Waals surface area contributed by atoms with Crippen LogP contribution in [0.5, 0.6) is 11.5 Å². The van der Waals surface area contributed by atoms with Crippen LogP contribution in [0.15, 0.2) is 34.8 Å². The summed E-state index contributed by atoms with van der Waals surface area (Å²) in [4.78, 5) is 12.5. The lowest BCUT2D eigenvalue weighted by Gasteiger charge is -2.14. The molecule has 1 amide bonds. The van der Waals surface area contributed by atoms with Gasteiger partial charge < -0.3 is 14.8 Å². The zero-order chi connectivity index (χ0) is 17.0. The van der Waals surface area contributed by atoms with Crippen molar-refractivity contribution < 1.29 is 14.3 Å².